The number of benzene rings is 4. The minimum Gasteiger partial charge on any atom is -0.415 e. The highest BCUT2D eigenvalue weighted by Crippen LogP contribution is 2.71. The number of rotatable bonds is 8. The van der Waals surface area contributed by atoms with E-state index in [2.05, 4.69) is 0 Å². The van der Waals surface area contributed by atoms with Gasteiger partial charge >= 0.3 is 13.8 Å². The van der Waals surface area contributed by atoms with Crippen molar-refractivity contribution in [3.05, 3.63) is 121 Å². The summed E-state index contributed by atoms with van der Waals surface area (Å²) in [6.45, 7) is 0. The molecule has 1 atom stereocenters. The molecule has 9 heteroatoms. The highest BCUT2D eigenvalue weighted by Gasteiger charge is 2.66. The van der Waals surface area contributed by atoms with Crippen molar-refractivity contribution in [2.75, 3.05) is 0 Å². The molecule has 180 valence electrons. The van der Waals surface area contributed by atoms with Crippen LogP contribution >= 0.6 is 14.7 Å². The fourth-order valence-corrected chi connectivity index (χ4v) is 10.3. The van der Waals surface area contributed by atoms with Gasteiger partial charge in [0.2, 0.25) is 5.40 Å². The molecule has 1 unspecified atom stereocenters. The second-order valence-corrected chi connectivity index (χ2v) is 12.8. The zero-order chi connectivity index (χ0) is 24.9. The second kappa shape index (κ2) is 10.2. The van der Waals surface area contributed by atoms with E-state index in [9.17, 15) is 22.3 Å². The number of halogens is 3. The monoisotopic (exact) mass is 516 g/mol. The molecule has 0 aromatic heterocycles. The van der Waals surface area contributed by atoms with Crippen LogP contribution in [0.4, 0.5) is 13.2 Å². The van der Waals surface area contributed by atoms with Crippen molar-refractivity contribution in [2.45, 2.75) is 11.6 Å². The molecule has 0 saturated heterocycles. The van der Waals surface area contributed by atoms with Crippen molar-refractivity contribution >= 4 is 25.3 Å². The molecular weight excluding hydrogens is 495 g/mol. The molecule has 4 aromatic carbocycles. The van der Waals surface area contributed by atoms with Crippen molar-refractivity contribution in [1.29, 1.82) is 0 Å². The minimum atomic E-state index is -5.24. The maximum Gasteiger partial charge on any atom is 0.451 e. The van der Waals surface area contributed by atoms with Gasteiger partial charge in [-0.1, -0.05) is 97.1 Å². The Morgan fingerprint density at radius 2 is 0.857 bits per heavy atom. The molecule has 0 amide bonds. The van der Waals surface area contributed by atoms with Gasteiger partial charge in [-0.2, -0.15) is 13.2 Å². The topological polar surface area (TPSA) is 52.6 Å². The van der Waals surface area contributed by atoms with Crippen LogP contribution in [0, 0.1) is 0 Å². The summed E-state index contributed by atoms with van der Waals surface area (Å²) in [4.78, 5) is 0. The molecule has 0 N–H and O–H groups in total. The maximum atomic E-state index is 15.0. The van der Waals surface area contributed by atoms with Crippen LogP contribution in [-0.4, -0.2) is 11.6 Å². The lowest BCUT2D eigenvalue weighted by molar-refractivity contribution is -0.118. The van der Waals surface area contributed by atoms with E-state index in [-0.39, 0.29) is 22.1 Å². The van der Waals surface area contributed by atoms with Gasteiger partial charge in [0.1, 0.15) is 11.5 Å². The standard InChI is InChI=1S/C26H21F3O4P2/c27-26(28,29)25(34(30,23-17-9-3-10-18-23)24-19-11-4-12-20-24)35(31,32-21-13-5-1-6-14-21)33-22-15-7-2-8-16-22/h1-20,25H. The zero-order valence-corrected chi connectivity index (χ0v) is 20.1. The smallest absolute Gasteiger partial charge is 0.415 e. The van der Waals surface area contributed by atoms with Gasteiger partial charge in [0.25, 0.3) is 0 Å². The van der Waals surface area contributed by atoms with E-state index < -0.39 is 26.3 Å². The first kappa shape index (κ1) is 24.8. The van der Waals surface area contributed by atoms with Gasteiger partial charge in [-0.15, -0.1) is 0 Å². The Kier molecular flexibility index (Phi) is 7.20. The lowest BCUT2D eigenvalue weighted by Gasteiger charge is -2.34. The SMILES string of the molecule is O=P(Oc1ccccc1)(Oc1ccccc1)C(C(F)(F)F)P(=O)(c1ccccc1)c1ccccc1. The van der Waals surface area contributed by atoms with Gasteiger partial charge in [-0.05, 0) is 24.3 Å². The van der Waals surface area contributed by atoms with E-state index in [1.807, 2.05) is 0 Å². The van der Waals surface area contributed by atoms with Crippen LogP contribution in [0.1, 0.15) is 0 Å². The van der Waals surface area contributed by atoms with Gasteiger partial charge in [-0.3, -0.25) is 0 Å². The molecule has 4 aromatic rings. The quantitative estimate of drug-likeness (QED) is 0.232. The number of hydrogen-bond acceptors (Lipinski definition) is 4. The third-order valence-electron chi connectivity index (χ3n) is 5.17. The summed E-state index contributed by atoms with van der Waals surface area (Å²) in [7, 11) is -9.92. The van der Waals surface area contributed by atoms with E-state index in [4.69, 9.17) is 9.05 Å². The van der Waals surface area contributed by atoms with Gasteiger partial charge in [0.15, 0.2) is 7.14 Å². The predicted octanol–water partition coefficient (Wildman–Crippen LogP) is 7.24. The van der Waals surface area contributed by atoms with E-state index in [0.29, 0.717) is 0 Å². The Morgan fingerprint density at radius 3 is 1.17 bits per heavy atom. The maximum absolute atomic E-state index is 15.0. The number of hydrogen-bond donors (Lipinski definition) is 0. The minimum absolute atomic E-state index is 0.103. The molecule has 0 aliphatic heterocycles. The van der Waals surface area contributed by atoms with Crippen LogP contribution in [0.2, 0.25) is 0 Å². The van der Waals surface area contributed by atoms with E-state index in [0.717, 1.165) is 0 Å². The van der Waals surface area contributed by atoms with Crippen molar-refractivity contribution in [3.63, 3.8) is 0 Å². The number of alkyl halides is 3. The van der Waals surface area contributed by atoms with Crippen molar-refractivity contribution in [1.82, 2.24) is 0 Å². The predicted molar refractivity (Wildman–Crippen MR) is 131 cm³/mol. The molecule has 4 rings (SSSR count). The summed E-state index contributed by atoms with van der Waals surface area (Å²) in [5, 5.41) is -3.20. The Bertz CT molecular complexity index is 1240. The highest BCUT2D eigenvalue weighted by molar-refractivity contribution is 7.88. The largest absolute Gasteiger partial charge is 0.451 e. The van der Waals surface area contributed by atoms with Crippen LogP contribution in [0.5, 0.6) is 11.5 Å². The average Bonchev–Trinajstić information content (AvgIpc) is 2.85. The van der Waals surface area contributed by atoms with Gasteiger partial charge in [-0.25, -0.2) is 4.57 Å². The molecule has 0 spiro atoms. The Hall–Kier alpha value is -3.27. The normalized spacial score (nSPS) is 13.1. The third-order valence-corrected chi connectivity index (χ3v) is 11.9. The van der Waals surface area contributed by atoms with Crippen LogP contribution in [0.25, 0.3) is 0 Å². The zero-order valence-electron chi connectivity index (χ0n) is 18.3. The average molecular weight is 516 g/mol. The summed E-state index contributed by atoms with van der Waals surface area (Å²) in [6.07, 6.45) is -5.22. The molecule has 4 nitrogen and oxygen atoms in total. The summed E-state index contributed by atoms with van der Waals surface area (Å²) >= 11 is 0. The summed E-state index contributed by atoms with van der Waals surface area (Å²) in [5.41, 5.74) is 0. The van der Waals surface area contributed by atoms with Crippen LogP contribution < -0.4 is 19.7 Å². The van der Waals surface area contributed by atoms with Gasteiger partial charge in [0, 0.05) is 10.6 Å². The molecule has 0 heterocycles. The molecule has 0 saturated carbocycles. The van der Waals surface area contributed by atoms with Crippen molar-refractivity contribution in [3.8, 4) is 11.5 Å². The van der Waals surface area contributed by atoms with Crippen molar-refractivity contribution < 1.29 is 31.3 Å². The highest BCUT2D eigenvalue weighted by atomic mass is 31.2. The molecule has 0 radical (unpaired) electrons. The molecule has 0 fully saturated rings. The summed E-state index contributed by atoms with van der Waals surface area (Å²) in [5.74, 6) is -0.206. The van der Waals surface area contributed by atoms with Crippen LogP contribution in [0.3, 0.4) is 0 Å². The van der Waals surface area contributed by atoms with E-state index in [1.54, 1.807) is 24.3 Å². The van der Waals surface area contributed by atoms with Crippen molar-refractivity contribution in [2.24, 2.45) is 0 Å². The lowest BCUT2D eigenvalue weighted by Crippen LogP contribution is -2.39. The fourth-order valence-electron chi connectivity index (χ4n) is 3.69. The molecule has 0 bridgehead atoms. The van der Waals surface area contributed by atoms with E-state index in [1.165, 1.54) is 97.1 Å². The molecule has 0 aliphatic carbocycles. The number of para-hydroxylation sites is 2. The fraction of sp³-hybridized carbons (Fsp3) is 0.0769. The summed E-state index contributed by atoms with van der Waals surface area (Å²) < 4.78 is 85.1. The molecule has 0 aliphatic rings. The molecular formula is C26H21F3O4P2. The van der Waals surface area contributed by atoms with Gasteiger partial charge < -0.3 is 13.6 Å². The second-order valence-electron chi connectivity index (χ2n) is 7.59. The Balaban J connectivity index is 1.99. The molecule has 35 heavy (non-hydrogen) atoms. The Morgan fingerprint density at radius 1 is 0.543 bits per heavy atom. The van der Waals surface area contributed by atoms with Crippen LogP contribution in [0.15, 0.2) is 121 Å². The van der Waals surface area contributed by atoms with Gasteiger partial charge in [0.05, 0.1) is 0 Å². The third kappa shape index (κ3) is 5.37. The lowest BCUT2D eigenvalue weighted by atomic mass is 10.3. The summed E-state index contributed by atoms with van der Waals surface area (Å²) in [6, 6.07) is 29.3. The first-order valence-corrected chi connectivity index (χ1v) is 14.0. The van der Waals surface area contributed by atoms with Crippen LogP contribution in [-0.2, 0) is 9.13 Å². The first-order valence-electron chi connectivity index (χ1n) is 10.6. The first-order chi connectivity index (χ1) is 16.7. The van der Waals surface area contributed by atoms with E-state index >= 15 is 0 Å². The Labute approximate surface area is 201 Å².